The van der Waals surface area contributed by atoms with Crippen molar-refractivity contribution in [3.63, 3.8) is 0 Å². The molecule has 1 N–H and O–H groups in total. The van der Waals surface area contributed by atoms with Crippen LogP contribution in [0.4, 0.5) is 0 Å². The van der Waals surface area contributed by atoms with Gasteiger partial charge in [-0.05, 0) is 13.3 Å². The van der Waals surface area contributed by atoms with E-state index in [0.29, 0.717) is 12.8 Å². The van der Waals surface area contributed by atoms with Gasteiger partial charge in [-0.15, -0.1) is 12.3 Å². The molecule has 0 aliphatic rings. The topological polar surface area (TPSA) is 29.1 Å². The zero-order valence-electron chi connectivity index (χ0n) is 8.60. The second kappa shape index (κ2) is 7.67. The van der Waals surface area contributed by atoms with Gasteiger partial charge in [-0.1, -0.05) is 19.8 Å². The average Bonchev–Trinajstić information content (AvgIpc) is 2.05. The smallest absolute Gasteiger partial charge is 0.220 e. The molecule has 0 radical (unpaired) electrons. The van der Waals surface area contributed by atoms with Gasteiger partial charge in [0.25, 0.3) is 0 Å². The van der Waals surface area contributed by atoms with Crippen LogP contribution < -0.4 is 5.32 Å². The molecule has 2 nitrogen and oxygen atoms in total. The molecular formula is C11H19NO. The predicted octanol–water partition coefficient (Wildman–Crippen LogP) is 2.09. The van der Waals surface area contributed by atoms with Gasteiger partial charge in [0.2, 0.25) is 5.91 Å². The SMILES string of the molecule is C#CCC(C)NC(=O)CCCCC. The minimum absolute atomic E-state index is 0.110. The van der Waals surface area contributed by atoms with Crippen LogP contribution in [0.5, 0.6) is 0 Å². The summed E-state index contributed by atoms with van der Waals surface area (Å²) in [4.78, 5) is 11.2. The summed E-state index contributed by atoms with van der Waals surface area (Å²) < 4.78 is 0. The average molecular weight is 181 g/mol. The number of rotatable bonds is 6. The second-order valence-corrected chi connectivity index (χ2v) is 3.33. The fourth-order valence-corrected chi connectivity index (χ4v) is 1.11. The van der Waals surface area contributed by atoms with Crippen LogP contribution in [0.25, 0.3) is 0 Å². The number of hydrogen-bond donors (Lipinski definition) is 1. The van der Waals surface area contributed by atoms with Crippen molar-refractivity contribution in [1.82, 2.24) is 5.32 Å². The van der Waals surface area contributed by atoms with Crippen molar-refractivity contribution in [2.24, 2.45) is 0 Å². The van der Waals surface area contributed by atoms with Crippen LogP contribution in [0, 0.1) is 12.3 Å². The van der Waals surface area contributed by atoms with Crippen LogP contribution in [-0.4, -0.2) is 11.9 Å². The summed E-state index contributed by atoms with van der Waals surface area (Å²) in [6.45, 7) is 4.05. The molecule has 0 aromatic rings. The van der Waals surface area contributed by atoms with E-state index < -0.39 is 0 Å². The van der Waals surface area contributed by atoms with E-state index in [4.69, 9.17) is 6.42 Å². The lowest BCUT2D eigenvalue weighted by molar-refractivity contribution is -0.121. The van der Waals surface area contributed by atoms with E-state index >= 15 is 0 Å². The lowest BCUT2D eigenvalue weighted by Gasteiger charge is -2.10. The monoisotopic (exact) mass is 181 g/mol. The molecule has 1 atom stereocenters. The van der Waals surface area contributed by atoms with Crippen molar-refractivity contribution >= 4 is 5.91 Å². The van der Waals surface area contributed by atoms with Crippen molar-refractivity contribution in [2.75, 3.05) is 0 Å². The molecule has 0 heterocycles. The Bertz CT molecular complexity index is 181. The maximum absolute atomic E-state index is 11.2. The van der Waals surface area contributed by atoms with E-state index in [-0.39, 0.29) is 11.9 Å². The third-order valence-electron chi connectivity index (χ3n) is 1.84. The normalized spacial score (nSPS) is 11.8. The van der Waals surface area contributed by atoms with Gasteiger partial charge in [0, 0.05) is 18.9 Å². The number of amides is 1. The van der Waals surface area contributed by atoms with Crippen molar-refractivity contribution in [3.05, 3.63) is 0 Å². The largest absolute Gasteiger partial charge is 0.353 e. The van der Waals surface area contributed by atoms with E-state index in [2.05, 4.69) is 18.2 Å². The van der Waals surface area contributed by atoms with Crippen molar-refractivity contribution in [2.45, 2.75) is 52.0 Å². The van der Waals surface area contributed by atoms with Crippen LogP contribution in [0.15, 0.2) is 0 Å². The zero-order chi connectivity index (χ0) is 10.1. The fraction of sp³-hybridized carbons (Fsp3) is 0.727. The molecule has 1 unspecified atom stereocenters. The molecule has 2 heteroatoms. The quantitative estimate of drug-likeness (QED) is 0.493. The van der Waals surface area contributed by atoms with Crippen molar-refractivity contribution in [3.8, 4) is 12.3 Å². The molecule has 0 aromatic carbocycles. The predicted molar refractivity (Wildman–Crippen MR) is 55.2 cm³/mol. The van der Waals surface area contributed by atoms with Crippen LogP contribution in [-0.2, 0) is 4.79 Å². The van der Waals surface area contributed by atoms with Crippen LogP contribution in [0.1, 0.15) is 46.0 Å². The van der Waals surface area contributed by atoms with Gasteiger partial charge in [-0.2, -0.15) is 0 Å². The summed E-state index contributed by atoms with van der Waals surface area (Å²) in [6, 6.07) is 0.110. The highest BCUT2D eigenvalue weighted by molar-refractivity contribution is 5.76. The summed E-state index contributed by atoms with van der Waals surface area (Å²) in [7, 11) is 0. The van der Waals surface area contributed by atoms with Gasteiger partial charge in [-0.3, -0.25) is 4.79 Å². The third-order valence-corrected chi connectivity index (χ3v) is 1.84. The number of carbonyl (C=O) groups is 1. The molecule has 0 bridgehead atoms. The molecule has 0 saturated heterocycles. The molecule has 0 aromatic heterocycles. The van der Waals surface area contributed by atoms with E-state index in [0.717, 1.165) is 19.3 Å². The molecule has 0 saturated carbocycles. The summed E-state index contributed by atoms with van der Waals surface area (Å²) >= 11 is 0. The number of nitrogens with one attached hydrogen (secondary N) is 1. The first-order valence-electron chi connectivity index (χ1n) is 4.93. The molecule has 0 aliphatic carbocycles. The molecule has 0 fully saturated rings. The lowest BCUT2D eigenvalue weighted by Crippen LogP contribution is -2.31. The molecule has 13 heavy (non-hydrogen) atoms. The Morgan fingerprint density at radius 1 is 1.54 bits per heavy atom. The second-order valence-electron chi connectivity index (χ2n) is 3.33. The van der Waals surface area contributed by atoms with Gasteiger partial charge < -0.3 is 5.32 Å². The van der Waals surface area contributed by atoms with E-state index in [1.54, 1.807) is 0 Å². The Morgan fingerprint density at radius 2 is 2.23 bits per heavy atom. The molecular weight excluding hydrogens is 162 g/mol. The number of hydrogen-bond acceptors (Lipinski definition) is 1. The van der Waals surface area contributed by atoms with E-state index in [1.165, 1.54) is 0 Å². The first-order valence-corrected chi connectivity index (χ1v) is 4.93. The molecule has 0 rings (SSSR count). The fourth-order valence-electron chi connectivity index (χ4n) is 1.11. The highest BCUT2D eigenvalue weighted by Crippen LogP contribution is 1.99. The maximum atomic E-state index is 11.2. The van der Waals surface area contributed by atoms with Crippen LogP contribution in [0.2, 0.25) is 0 Å². The Hall–Kier alpha value is -0.970. The molecule has 0 aliphatic heterocycles. The summed E-state index contributed by atoms with van der Waals surface area (Å²) in [5, 5.41) is 2.86. The van der Waals surface area contributed by atoms with Crippen LogP contribution >= 0.6 is 0 Å². The minimum atomic E-state index is 0.110. The highest BCUT2D eigenvalue weighted by Gasteiger charge is 2.04. The minimum Gasteiger partial charge on any atom is -0.353 e. The molecule has 74 valence electrons. The Balaban J connectivity index is 3.45. The third kappa shape index (κ3) is 7.39. The van der Waals surface area contributed by atoms with Crippen molar-refractivity contribution in [1.29, 1.82) is 0 Å². The van der Waals surface area contributed by atoms with E-state index in [9.17, 15) is 4.79 Å². The first-order chi connectivity index (χ1) is 6.20. The van der Waals surface area contributed by atoms with Gasteiger partial charge in [-0.25, -0.2) is 0 Å². The Morgan fingerprint density at radius 3 is 2.77 bits per heavy atom. The number of carbonyl (C=O) groups excluding carboxylic acids is 1. The zero-order valence-corrected chi connectivity index (χ0v) is 8.60. The Kier molecular flexibility index (Phi) is 7.10. The molecule has 1 amide bonds. The van der Waals surface area contributed by atoms with Crippen LogP contribution in [0.3, 0.4) is 0 Å². The van der Waals surface area contributed by atoms with Gasteiger partial charge >= 0.3 is 0 Å². The summed E-state index contributed by atoms with van der Waals surface area (Å²) in [5.41, 5.74) is 0. The molecule has 0 spiro atoms. The summed E-state index contributed by atoms with van der Waals surface area (Å²) in [5.74, 6) is 2.65. The van der Waals surface area contributed by atoms with Gasteiger partial charge in [0.1, 0.15) is 0 Å². The standard InChI is InChI=1S/C11H19NO/c1-4-6-7-9-11(13)12-10(3)8-5-2/h2,10H,4,6-9H2,1,3H3,(H,12,13). The highest BCUT2D eigenvalue weighted by atomic mass is 16.1. The number of terminal acetylenes is 1. The van der Waals surface area contributed by atoms with Crippen molar-refractivity contribution < 1.29 is 4.79 Å². The lowest BCUT2D eigenvalue weighted by atomic mass is 10.2. The first kappa shape index (κ1) is 12.0. The van der Waals surface area contributed by atoms with Gasteiger partial charge in [0.15, 0.2) is 0 Å². The van der Waals surface area contributed by atoms with Gasteiger partial charge in [0.05, 0.1) is 0 Å². The number of unbranched alkanes of at least 4 members (excludes halogenated alkanes) is 2. The Labute approximate surface area is 81.1 Å². The van der Waals surface area contributed by atoms with E-state index in [1.807, 2.05) is 6.92 Å². The summed E-state index contributed by atoms with van der Waals surface area (Å²) in [6.07, 6.45) is 9.61. The maximum Gasteiger partial charge on any atom is 0.220 e.